The SMILES string of the molecule is CCn1ncnc1CC(O)c1cncnc1. The maximum absolute atomic E-state index is 9.95. The van der Waals surface area contributed by atoms with Gasteiger partial charge in [-0.15, -0.1) is 0 Å². The van der Waals surface area contributed by atoms with Gasteiger partial charge >= 0.3 is 0 Å². The Hall–Kier alpha value is -1.82. The molecule has 0 aliphatic rings. The molecule has 0 amide bonds. The molecule has 0 bridgehead atoms. The van der Waals surface area contributed by atoms with Crippen molar-refractivity contribution in [3.8, 4) is 0 Å². The van der Waals surface area contributed by atoms with Gasteiger partial charge in [0.25, 0.3) is 0 Å². The zero-order valence-corrected chi connectivity index (χ0v) is 8.98. The normalized spacial score (nSPS) is 12.6. The summed E-state index contributed by atoms with van der Waals surface area (Å²) in [6.07, 6.45) is 5.91. The standard InChI is InChI=1S/C10H13N5O/c1-2-15-10(13-7-14-15)3-9(16)8-4-11-6-12-5-8/h4-7,9,16H,2-3H2,1H3. The molecule has 2 aromatic heterocycles. The van der Waals surface area contributed by atoms with Gasteiger partial charge < -0.3 is 5.11 Å². The quantitative estimate of drug-likeness (QED) is 0.803. The predicted octanol–water partition coefficient (Wildman–Crippen LogP) is 0.364. The molecule has 1 atom stereocenters. The maximum Gasteiger partial charge on any atom is 0.138 e. The molecule has 0 aliphatic carbocycles. The first-order valence-electron chi connectivity index (χ1n) is 5.11. The highest BCUT2D eigenvalue weighted by atomic mass is 16.3. The van der Waals surface area contributed by atoms with Crippen LogP contribution in [-0.2, 0) is 13.0 Å². The first kappa shape index (κ1) is 10.7. The largest absolute Gasteiger partial charge is 0.388 e. The van der Waals surface area contributed by atoms with Crippen molar-refractivity contribution in [3.63, 3.8) is 0 Å². The molecule has 6 heteroatoms. The highest BCUT2D eigenvalue weighted by molar-refractivity contribution is 5.08. The summed E-state index contributed by atoms with van der Waals surface area (Å²) in [5.41, 5.74) is 0.688. The summed E-state index contributed by atoms with van der Waals surface area (Å²) in [6, 6.07) is 0. The Morgan fingerprint density at radius 1 is 1.31 bits per heavy atom. The lowest BCUT2D eigenvalue weighted by atomic mass is 10.1. The van der Waals surface area contributed by atoms with Crippen molar-refractivity contribution >= 4 is 0 Å². The van der Waals surface area contributed by atoms with Gasteiger partial charge in [0.15, 0.2) is 0 Å². The lowest BCUT2D eigenvalue weighted by Gasteiger charge is -2.09. The summed E-state index contributed by atoms with van der Waals surface area (Å²) in [4.78, 5) is 11.8. The summed E-state index contributed by atoms with van der Waals surface area (Å²) in [6.45, 7) is 2.73. The van der Waals surface area contributed by atoms with Crippen LogP contribution in [0.4, 0.5) is 0 Å². The summed E-state index contributed by atoms with van der Waals surface area (Å²) in [7, 11) is 0. The molecule has 1 N–H and O–H groups in total. The molecule has 84 valence electrons. The Labute approximate surface area is 93.0 Å². The Morgan fingerprint density at radius 3 is 2.75 bits per heavy atom. The summed E-state index contributed by atoms with van der Waals surface area (Å²) < 4.78 is 1.76. The smallest absolute Gasteiger partial charge is 0.138 e. The van der Waals surface area contributed by atoms with Crippen LogP contribution in [0.3, 0.4) is 0 Å². The van der Waals surface area contributed by atoms with Crippen LogP contribution in [0.5, 0.6) is 0 Å². The molecule has 0 fully saturated rings. The molecular formula is C10H13N5O. The number of rotatable bonds is 4. The van der Waals surface area contributed by atoms with Crippen molar-refractivity contribution < 1.29 is 5.11 Å². The second-order valence-electron chi connectivity index (χ2n) is 3.38. The Bertz CT molecular complexity index is 441. The molecule has 2 aromatic rings. The molecule has 2 heterocycles. The number of aromatic nitrogens is 5. The van der Waals surface area contributed by atoms with Crippen molar-refractivity contribution in [2.24, 2.45) is 0 Å². The number of aliphatic hydroxyl groups excluding tert-OH is 1. The maximum atomic E-state index is 9.95. The zero-order valence-electron chi connectivity index (χ0n) is 8.98. The molecule has 0 aliphatic heterocycles. The summed E-state index contributed by atoms with van der Waals surface area (Å²) in [5, 5.41) is 14.0. The molecule has 2 rings (SSSR count). The van der Waals surface area contributed by atoms with E-state index >= 15 is 0 Å². The van der Waals surface area contributed by atoms with E-state index in [-0.39, 0.29) is 0 Å². The van der Waals surface area contributed by atoms with Crippen LogP contribution < -0.4 is 0 Å². The van der Waals surface area contributed by atoms with Gasteiger partial charge in [0, 0.05) is 30.9 Å². The lowest BCUT2D eigenvalue weighted by Crippen LogP contribution is -2.09. The van der Waals surface area contributed by atoms with Crippen LogP contribution in [-0.4, -0.2) is 29.8 Å². The molecule has 16 heavy (non-hydrogen) atoms. The zero-order chi connectivity index (χ0) is 11.4. The van der Waals surface area contributed by atoms with Gasteiger partial charge in [-0.25, -0.2) is 15.0 Å². The van der Waals surface area contributed by atoms with E-state index in [9.17, 15) is 5.11 Å². The minimum Gasteiger partial charge on any atom is -0.388 e. The van der Waals surface area contributed by atoms with E-state index in [2.05, 4.69) is 20.1 Å². The average Bonchev–Trinajstić information content (AvgIpc) is 2.77. The van der Waals surface area contributed by atoms with Crippen LogP contribution >= 0.6 is 0 Å². The van der Waals surface area contributed by atoms with E-state index in [1.165, 1.54) is 12.7 Å². The third-order valence-electron chi connectivity index (χ3n) is 2.34. The number of hydrogen-bond donors (Lipinski definition) is 1. The van der Waals surface area contributed by atoms with E-state index in [0.717, 1.165) is 12.4 Å². The Balaban J connectivity index is 2.11. The third-order valence-corrected chi connectivity index (χ3v) is 2.34. The second-order valence-corrected chi connectivity index (χ2v) is 3.38. The predicted molar refractivity (Wildman–Crippen MR) is 56.4 cm³/mol. The molecule has 0 saturated heterocycles. The highest BCUT2D eigenvalue weighted by Gasteiger charge is 2.12. The second kappa shape index (κ2) is 4.80. The van der Waals surface area contributed by atoms with E-state index in [1.807, 2.05) is 6.92 Å². The van der Waals surface area contributed by atoms with Gasteiger partial charge in [-0.05, 0) is 6.92 Å². The molecule has 6 nitrogen and oxygen atoms in total. The number of aryl methyl sites for hydroxylation is 1. The number of aliphatic hydroxyl groups is 1. The van der Waals surface area contributed by atoms with Crippen molar-refractivity contribution in [2.75, 3.05) is 0 Å². The Kier molecular flexibility index (Phi) is 3.21. The van der Waals surface area contributed by atoms with Crippen molar-refractivity contribution in [1.82, 2.24) is 24.7 Å². The first-order valence-corrected chi connectivity index (χ1v) is 5.11. The minimum atomic E-state index is -0.643. The minimum absolute atomic E-state index is 0.418. The van der Waals surface area contributed by atoms with E-state index in [4.69, 9.17) is 0 Å². The molecular weight excluding hydrogens is 206 g/mol. The summed E-state index contributed by atoms with van der Waals surface area (Å²) in [5.74, 6) is 0.763. The van der Waals surface area contributed by atoms with Crippen LogP contribution in [0.15, 0.2) is 25.0 Å². The molecule has 0 radical (unpaired) electrons. The Morgan fingerprint density at radius 2 is 2.06 bits per heavy atom. The molecule has 1 unspecified atom stereocenters. The number of nitrogens with zero attached hydrogens (tertiary/aromatic N) is 5. The van der Waals surface area contributed by atoms with Crippen LogP contribution in [0.1, 0.15) is 24.4 Å². The van der Waals surface area contributed by atoms with Gasteiger partial charge in [-0.3, -0.25) is 4.68 Å². The van der Waals surface area contributed by atoms with Gasteiger partial charge in [-0.1, -0.05) is 0 Å². The monoisotopic (exact) mass is 219 g/mol. The van der Waals surface area contributed by atoms with Crippen molar-refractivity contribution in [3.05, 3.63) is 36.4 Å². The van der Waals surface area contributed by atoms with Gasteiger partial charge in [0.05, 0.1) is 6.10 Å². The average molecular weight is 219 g/mol. The van der Waals surface area contributed by atoms with Crippen LogP contribution in [0.2, 0.25) is 0 Å². The third kappa shape index (κ3) is 2.22. The molecule has 0 saturated carbocycles. The molecule has 0 spiro atoms. The highest BCUT2D eigenvalue weighted by Crippen LogP contribution is 2.14. The first-order chi connectivity index (χ1) is 7.81. The van der Waals surface area contributed by atoms with E-state index in [0.29, 0.717) is 12.0 Å². The topological polar surface area (TPSA) is 76.7 Å². The summed E-state index contributed by atoms with van der Waals surface area (Å²) >= 11 is 0. The van der Waals surface area contributed by atoms with E-state index in [1.54, 1.807) is 17.1 Å². The van der Waals surface area contributed by atoms with Gasteiger partial charge in [0.2, 0.25) is 0 Å². The van der Waals surface area contributed by atoms with Crippen LogP contribution in [0, 0.1) is 0 Å². The van der Waals surface area contributed by atoms with Gasteiger partial charge in [0.1, 0.15) is 18.5 Å². The molecule has 0 aromatic carbocycles. The fourth-order valence-electron chi connectivity index (χ4n) is 1.48. The number of hydrogen-bond acceptors (Lipinski definition) is 5. The fourth-order valence-corrected chi connectivity index (χ4v) is 1.48. The van der Waals surface area contributed by atoms with Gasteiger partial charge in [-0.2, -0.15) is 5.10 Å². The van der Waals surface area contributed by atoms with Crippen molar-refractivity contribution in [1.29, 1.82) is 0 Å². The van der Waals surface area contributed by atoms with E-state index < -0.39 is 6.10 Å². The lowest BCUT2D eigenvalue weighted by molar-refractivity contribution is 0.173. The van der Waals surface area contributed by atoms with Crippen LogP contribution in [0.25, 0.3) is 0 Å². The van der Waals surface area contributed by atoms with Crippen molar-refractivity contribution in [2.45, 2.75) is 26.0 Å². The fraction of sp³-hybridized carbons (Fsp3) is 0.400.